The molecule has 0 bridgehead atoms. The molecule has 0 spiro atoms. The average Bonchev–Trinajstić information content (AvgIpc) is 3.40. The third kappa shape index (κ3) is 6.37. The van der Waals surface area contributed by atoms with Gasteiger partial charge >= 0.3 is 12.4 Å². The predicted molar refractivity (Wildman–Crippen MR) is 146 cm³/mol. The monoisotopic (exact) mass is 606 g/mol. The molecule has 14 heteroatoms. The van der Waals surface area contributed by atoms with E-state index in [4.69, 9.17) is 0 Å². The molecule has 1 aliphatic carbocycles. The molecule has 1 atom stereocenters. The van der Waals surface area contributed by atoms with Crippen LogP contribution in [-0.2, 0) is 25.4 Å². The molecule has 1 saturated carbocycles. The Kier molecular flexibility index (Phi) is 7.73. The summed E-state index contributed by atoms with van der Waals surface area (Å²) in [5.41, 5.74) is -2.22. The normalized spacial score (nSPS) is 16.4. The van der Waals surface area contributed by atoms with Crippen LogP contribution in [0.5, 0.6) is 0 Å². The van der Waals surface area contributed by atoms with E-state index < -0.39 is 41.1 Å². The van der Waals surface area contributed by atoms with Crippen LogP contribution in [-0.4, -0.2) is 46.9 Å². The Labute approximate surface area is 242 Å². The third-order valence-electron chi connectivity index (χ3n) is 7.60. The molecule has 2 heterocycles. The third-order valence-corrected chi connectivity index (χ3v) is 7.60. The minimum atomic E-state index is -4.95. The average molecular weight is 607 g/mol. The van der Waals surface area contributed by atoms with E-state index in [1.807, 2.05) is 0 Å². The Bertz CT molecular complexity index is 1540. The fraction of sp³-hybridized carbons (Fsp3) is 0.379. The first-order chi connectivity index (χ1) is 20.2. The number of benzene rings is 2. The molecule has 1 aromatic heterocycles. The lowest BCUT2D eigenvalue weighted by molar-refractivity contribution is -0.142. The molecule has 2 aromatic carbocycles. The van der Waals surface area contributed by atoms with E-state index in [-0.39, 0.29) is 42.5 Å². The first-order valence-electron chi connectivity index (χ1n) is 13.5. The topological polar surface area (TPSA) is 91.6 Å². The van der Waals surface area contributed by atoms with Crippen molar-refractivity contribution in [3.05, 3.63) is 82.0 Å². The van der Waals surface area contributed by atoms with Gasteiger partial charge in [0, 0.05) is 18.7 Å². The molecule has 3 aromatic rings. The van der Waals surface area contributed by atoms with E-state index in [1.165, 1.54) is 17.0 Å². The van der Waals surface area contributed by atoms with Crippen molar-refractivity contribution in [3.63, 3.8) is 0 Å². The molecule has 43 heavy (non-hydrogen) atoms. The van der Waals surface area contributed by atoms with Crippen LogP contribution in [0.1, 0.15) is 68.9 Å². The van der Waals surface area contributed by atoms with E-state index in [2.05, 4.69) is 27.4 Å². The number of nitrogens with one attached hydrogen (secondary N) is 2. The van der Waals surface area contributed by atoms with Crippen LogP contribution in [0.2, 0.25) is 0 Å². The van der Waals surface area contributed by atoms with Gasteiger partial charge in [-0.3, -0.25) is 14.6 Å². The molecule has 1 fully saturated rings. The minimum absolute atomic E-state index is 0.0217. The maximum atomic E-state index is 14.0. The summed E-state index contributed by atoms with van der Waals surface area (Å²) in [6.07, 6.45) is -7.94. The summed E-state index contributed by atoms with van der Waals surface area (Å²) in [5.74, 6) is -1.45. The highest BCUT2D eigenvalue weighted by atomic mass is 19.4. The highest BCUT2D eigenvalue weighted by molar-refractivity contribution is 6.01. The van der Waals surface area contributed by atoms with Crippen molar-refractivity contribution in [3.8, 4) is 0 Å². The van der Waals surface area contributed by atoms with Crippen LogP contribution in [0.15, 0.2) is 53.5 Å². The maximum absolute atomic E-state index is 14.0. The number of alkyl halides is 6. The van der Waals surface area contributed by atoms with Gasteiger partial charge in [-0.2, -0.15) is 31.4 Å². The summed E-state index contributed by atoms with van der Waals surface area (Å²) in [5, 5.41) is 9.17. The van der Waals surface area contributed by atoms with Gasteiger partial charge in [0.25, 0.3) is 11.8 Å². The van der Waals surface area contributed by atoms with Gasteiger partial charge in [0.1, 0.15) is 11.4 Å². The van der Waals surface area contributed by atoms with Crippen LogP contribution in [0.4, 0.5) is 32.2 Å². The number of hydrogen-bond donors (Lipinski definition) is 2. The molecule has 228 valence electrons. The number of anilines is 1. The number of halogens is 6. The van der Waals surface area contributed by atoms with E-state index in [9.17, 15) is 35.9 Å². The zero-order chi connectivity index (χ0) is 31.2. The number of amides is 2. The van der Waals surface area contributed by atoms with Gasteiger partial charge in [-0.1, -0.05) is 24.3 Å². The summed E-state index contributed by atoms with van der Waals surface area (Å²) in [6.45, 7) is 5.48. The van der Waals surface area contributed by atoms with Gasteiger partial charge in [0.2, 0.25) is 0 Å². The molecule has 8 nitrogen and oxygen atoms in total. The van der Waals surface area contributed by atoms with E-state index in [0.717, 1.165) is 29.7 Å². The Morgan fingerprint density at radius 3 is 2.33 bits per heavy atom. The summed E-state index contributed by atoms with van der Waals surface area (Å²) >= 11 is 0. The highest BCUT2D eigenvalue weighted by Crippen LogP contribution is 2.39. The number of carbonyl (C=O) groups is 2. The van der Waals surface area contributed by atoms with Crippen molar-refractivity contribution in [1.29, 1.82) is 0 Å². The van der Waals surface area contributed by atoms with Crippen LogP contribution < -0.4 is 15.5 Å². The number of aliphatic imine (C=N–C) groups is 1. The summed E-state index contributed by atoms with van der Waals surface area (Å²) in [7, 11) is 0. The zero-order valence-electron chi connectivity index (χ0n) is 23.0. The number of nitrogens with zero attached hydrogens (tertiary/aromatic N) is 4. The van der Waals surface area contributed by atoms with Gasteiger partial charge < -0.3 is 15.5 Å². The fourth-order valence-corrected chi connectivity index (χ4v) is 5.16. The van der Waals surface area contributed by atoms with Gasteiger partial charge in [0.15, 0.2) is 5.69 Å². The maximum Gasteiger partial charge on any atom is 0.436 e. The van der Waals surface area contributed by atoms with Gasteiger partial charge in [-0.05, 0) is 61.9 Å². The second-order valence-electron chi connectivity index (χ2n) is 10.8. The van der Waals surface area contributed by atoms with Crippen LogP contribution in [0.3, 0.4) is 0 Å². The molecule has 2 amide bonds. The fourth-order valence-electron chi connectivity index (χ4n) is 5.16. The van der Waals surface area contributed by atoms with E-state index in [0.29, 0.717) is 17.7 Å². The number of aromatic nitrogens is 2. The second-order valence-corrected chi connectivity index (χ2v) is 10.8. The van der Waals surface area contributed by atoms with E-state index in [1.54, 1.807) is 31.2 Å². The van der Waals surface area contributed by atoms with Crippen molar-refractivity contribution in [2.24, 2.45) is 4.99 Å². The summed E-state index contributed by atoms with van der Waals surface area (Å²) < 4.78 is 82.7. The number of carbonyl (C=O) groups excluding carboxylic acids is 2. The van der Waals surface area contributed by atoms with Gasteiger partial charge in [-0.25, -0.2) is 4.68 Å². The highest BCUT2D eigenvalue weighted by Gasteiger charge is 2.45. The number of hydrogen-bond acceptors (Lipinski definition) is 5. The van der Waals surface area contributed by atoms with Crippen molar-refractivity contribution in [2.45, 2.75) is 56.8 Å². The Hall–Kier alpha value is -4.36. The Morgan fingerprint density at radius 2 is 1.72 bits per heavy atom. The molecule has 0 radical (unpaired) electrons. The number of fused-ring (bicyclic) bond motifs is 1. The standard InChI is InChI=1S/C29H28F6N6O2/c1-17(19-6-8-20(9-7-19)24(42)38-27(10-11-27)16-36-2)37-25(43)22-23(29(33,34)35)39-41-13-12-40(26(22)41)15-18-4-3-5-21(14-18)28(30,31)32/h3-9,14,17H,2,10-13,15-16H2,1H3,(H,37,43)(H,38,42)/t17-/m0/s1. The lowest BCUT2D eigenvalue weighted by Crippen LogP contribution is -2.39. The molecule has 0 saturated heterocycles. The van der Waals surface area contributed by atoms with Crippen LogP contribution in [0, 0.1) is 0 Å². The van der Waals surface area contributed by atoms with E-state index >= 15 is 0 Å². The molecule has 2 aliphatic rings. The molecule has 0 unspecified atom stereocenters. The van der Waals surface area contributed by atoms with Crippen LogP contribution in [0.25, 0.3) is 0 Å². The van der Waals surface area contributed by atoms with Gasteiger partial charge in [0.05, 0.1) is 30.2 Å². The Morgan fingerprint density at radius 1 is 1.02 bits per heavy atom. The molecule has 2 N–H and O–H groups in total. The molecular formula is C29H28F6N6O2. The van der Waals surface area contributed by atoms with Crippen molar-refractivity contribution in [1.82, 2.24) is 20.4 Å². The molecular weight excluding hydrogens is 578 g/mol. The largest absolute Gasteiger partial charge is 0.436 e. The first-order valence-corrected chi connectivity index (χ1v) is 13.5. The minimum Gasteiger partial charge on any atom is -0.350 e. The van der Waals surface area contributed by atoms with Crippen molar-refractivity contribution < 1.29 is 35.9 Å². The SMILES string of the molecule is C=NCC1(NC(=O)c2ccc([C@H](C)NC(=O)c3c(C(F)(F)F)nn4c3N(Cc3cccc(C(F)(F)F)c3)CC4)cc2)CC1. The number of rotatable bonds is 9. The lowest BCUT2D eigenvalue weighted by Gasteiger charge is -2.21. The summed E-state index contributed by atoms with van der Waals surface area (Å²) in [6, 6.07) is 10.0. The smallest absolute Gasteiger partial charge is 0.350 e. The van der Waals surface area contributed by atoms with Crippen molar-refractivity contribution >= 4 is 24.3 Å². The molecule has 5 rings (SSSR count). The first kappa shape index (κ1) is 30.1. The zero-order valence-corrected chi connectivity index (χ0v) is 23.0. The van der Waals surface area contributed by atoms with Crippen molar-refractivity contribution in [2.75, 3.05) is 18.0 Å². The van der Waals surface area contributed by atoms with Gasteiger partial charge in [-0.15, -0.1) is 0 Å². The van der Waals surface area contributed by atoms with Crippen LogP contribution >= 0.6 is 0 Å². The molecule has 1 aliphatic heterocycles. The lowest BCUT2D eigenvalue weighted by atomic mass is 10.0. The predicted octanol–water partition coefficient (Wildman–Crippen LogP) is 5.39. The second kappa shape index (κ2) is 11.0. The quantitative estimate of drug-likeness (QED) is 0.252. The Balaban J connectivity index is 1.35. The summed E-state index contributed by atoms with van der Waals surface area (Å²) in [4.78, 5) is 31.3.